The lowest BCUT2D eigenvalue weighted by atomic mass is 10.1. The van der Waals surface area contributed by atoms with Gasteiger partial charge in [0.25, 0.3) is 0 Å². The van der Waals surface area contributed by atoms with Crippen molar-refractivity contribution in [3.63, 3.8) is 0 Å². The number of carboxylic acid groups (broad SMARTS) is 1. The average Bonchev–Trinajstić information content (AvgIpc) is 2.77. The van der Waals surface area contributed by atoms with Crippen molar-refractivity contribution in [2.24, 2.45) is 5.92 Å². The fourth-order valence-electron chi connectivity index (χ4n) is 1.94. The van der Waals surface area contributed by atoms with Crippen LogP contribution in [0.4, 0.5) is 5.95 Å². The van der Waals surface area contributed by atoms with Crippen LogP contribution in [0.15, 0.2) is 12.3 Å². The van der Waals surface area contributed by atoms with Crippen molar-refractivity contribution >= 4 is 11.9 Å². The van der Waals surface area contributed by atoms with Gasteiger partial charge in [-0.05, 0) is 20.3 Å². The van der Waals surface area contributed by atoms with Crippen LogP contribution in [0, 0.1) is 5.92 Å². The number of aromatic nitrogens is 2. The van der Waals surface area contributed by atoms with Gasteiger partial charge in [0.1, 0.15) is 0 Å². The minimum absolute atomic E-state index is 0.0538. The lowest BCUT2D eigenvalue weighted by Crippen LogP contribution is -2.24. The molecule has 1 aliphatic rings. The molecule has 0 radical (unpaired) electrons. The number of rotatable bonds is 4. The predicted molar refractivity (Wildman–Crippen MR) is 65.8 cm³/mol. The molecule has 0 amide bonds. The summed E-state index contributed by atoms with van der Waals surface area (Å²) in [5.41, 5.74) is 0. The van der Waals surface area contributed by atoms with Crippen LogP contribution in [-0.2, 0) is 4.79 Å². The number of carboxylic acids is 1. The monoisotopic (exact) mass is 251 g/mol. The molecule has 1 fully saturated rings. The van der Waals surface area contributed by atoms with E-state index in [1.54, 1.807) is 12.3 Å². The summed E-state index contributed by atoms with van der Waals surface area (Å²) >= 11 is 0. The summed E-state index contributed by atoms with van der Waals surface area (Å²) in [5, 5.41) is 8.96. The summed E-state index contributed by atoms with van der Waals surface area (Å²) in [6, 6.07) is 1.70. The van der Waals surface area contributed by atoms with Gasteiger partial charge in [-0.3, -0.25) is 4.79 Å². The number of carbonyl (C=O) groups is 1. The third-order valence-electron chi connectivity index (χ3n) is 2.79. The first kappa shape index (κ1) is 12.6. The maximum Gasteiger partial charge on any atom is 0.308 e. The molecule has 6 heteroatoms. The Morgan fingerprint density at radius 2 is 2.39 bits per heavy atom. The molecule has 0 saturated carbocycles. The highest BCUT2D eigenvalue weighted by Gasteiger charge is 2.29. The zero-order valence-corrected chi connectivity index (χ0v) is 10.5. The minimum atomic E-state index is -0.757. The Bertz CT molecular complexity index is 436. The summed E-state index contributed by atoms with van der Waals surface area (Å²) in [6.07, 6.45) is 2.32. The van der Waals surface area contributed by atoms with Gasteiger partial charge in [0.05, 0.1) is 12.0 Å². The third kappa shape index (κ3) is 2.88. The number of ether oxygens (including phenoxy) is 1. The van der Waals surface area contributed by atoms with Crippen LogP contribution in [0.25, 0.3) is 0 Å². The van der Waals surface area contributed by atoms with Gasteiger partial charge in [0, 0.05) is 25.4 Å². The Morgan fingerprint density at radius 3 is 3.00 bits per heavy atom. The molecule has 0 aromatic carbocycles. The van der Waals surface area contributed by atoms with Gasteiger partial charge in [-0.2, -0.15) is 4.98 Å². The van der Waals surface area contributed by atoms with E-state index in [-0.39, 0.29) is 12.0 Å². The molecule has 1 aromatic rings. The van der Waals surface area contributed by atoms with Crippen LogP contribution in [0.3, 0.4) is 0 Å². The van der Waals surface area contributed by atoms with Gasteiger partial charge in [-0.1, -0.05) is 0 Å². The van der Waals surface area contributed by atoms with E-state index in [0.29, 0.717) is 31.3 Å². The number of hydrogen-bond donors (Lipinski definition) is 1. The van der Waals surface area contributed by atoms with Crippen LogP contribution in [0.1, 0.15) is 20.3 Å². The first-order valence-electron chi connectivity index (χ1n) is 6.03. The summed E-state index contributed by atoms with van der Waals surface area (Å²) in [6.45, 7) is 4.98. The van der Waals surface area contributed by atoms with E-state index in [2.05, 4.69) is 9.97 Å². The molecule has 1 saturated heterocycles. The Hall–Kier alpha value is -1.85. The molecular weight excluding hydrogens is 234 g/mol. The number of aliphatic carboxylic acids is 1. The second-order valence-corrected chi connectivity index (χ2v) is 4.63. The molecule has 2 rings (SSSR count). The molecule has 1 aliphatic heterocycles. The fraction of sp³-hybridized carbons (Fsp3) is 0.583. The largest absolute Gasteiger partial charge is 0.481 e. The maximum absolute atomic E-state index is 10.9. The molecule has 1 aromatic heterocycles. The van der Waals surface area contributed by atoms with Gasteiger partial charge in [0.15, 0.2) is 0 Å². The smallest absolute Gasteiger partial charge is 0.308 e. The van der Waals surface area contributed by atoms with Crippen LogP contribution in [0.5, 0.6) is 5.88 Å². The van der Waals surface area contributed by atoms with Crippen molar-refractivity contribution in [1.82, 2.24) is 9.97 Å². The normalized spacial score (nSPS) is 19.3. The fourth-order valence-corrected chi connectivity index (χ4v) is 1.94. The van der Waals surface area contributed by atoms with Crippen molar-refractivity contribution in [1.29, 1.82) is 0 Å². The highest BCUT2D eigenvalue weighted by atomic mass is 16.5. The topological polar surface area (TPSA) is 75.5 Å². The SMILES string of the molecule is CC(C)Oc1ccnc(N2CCC(C(=O)O)C2)n1. The second-order valence-electron chi connectivity index (χ2n) is 4.63. The van der Waals surface area contributed by atoms with Gasteiger partial charge >= 0.3 is 5.97 Å². The minimum Gasteiger partial charge on any atom is -0.481 e. The molecule has 0 bridgehead atoms. The average molecular weight is 251 g/mol. The van der Waals surface area contributed by atoms with E-state index in [1.807, 2.05) is 18.7 Å². The first-order chi connectivity index (χ1) is 8.56. The summed E-state index contributed by atoms with van der Waals surface area (Å²) in [7, 11) is 0. The van der Waals surface area contributed by atoms with E-state index < -0.39 is 5.97 Å². The van der Waals surface area contributed by atoms with Crippen LogP contribution >= 0.6 is 0 Å². The number of hydrogen-bond acceptors (Lipinski definition) is 5. The summed E-state index contributed by atoms with van der Waals surface area (Å²) < 4.78 is 5.49. The maximum atomic E-state index is 10.9. The quantitative estimate of drug-likeness (QED) is 0.865. The molecular formula is C12H17N3O3. The van der Waals surface area contributed by atoms with Crippen molar-refractivity contribution in [3.8, 4) is 5.88 Å². The van der Waals surface area contributed by atoms with E-state index in [0.717, 1.165) is 0 Å². The molecule has 6 nitrogen and oxygen atoms in total. The van der Waals surface area contributed by atoms with E-state index in [1.165, 1.54) is 0 Å². The molecule has 1 atom stereocenters. The molecule has 18 heavy (non-hydrogen) atoms. The van der Waals surface area contributed by atoms with Crippen molar-refractivity contribution < 1.29 is 14.6 Å². The first-order valence-corrected chi connectivity index (χ1v) is 6.03. The molecule has 2 heterocycles. The lowest BCUT2D eigenvalue weighted by Gasteiger charge is -2.16. The molecule has 1 unspecified atom stereocenters. The van der Waals surface area contributed by atoms with Crippen LogP contribution < -0.4 is 9.64 Å². The number of anilines is 1. The predicted octanol–water partition coefficient (Wildman–Crippen LogP) is 1.17. The van der Waals surface area contributed by atoms with Crippen molar-refractivity contribution in [3.05, 3.63) is 12.3 Å². The van der Waals surface area contributed by atoms with E-state index in [9.17, 15) is 4.79 Å². The van der Waals surface area contributed by atoms with Crippen molar-refractivity contribution in [2.75, 3.05) is 18.0 Å². The van der Waals surface area contributed by atoms with Gasteiger partial charge < -0.3 is 14.7 Å². The summed E-state index contributed by atoms with van der Waals surface area (Å²) in [4.78, 5) is 21.2. The van der Waals surface area contributed by atoms with Crippen LogP contribution in [-0.4, -0.2) is 40.2 Å². The Morgan fingerprint density at radius 1 is 1.61 bits per heavy atom. The van der Waals surface area contributed by atoms with Crippen molar-refractivity contribution in [2.45, 2.75) is 26.4 Å². The number of nitrogens with zero attached hydrogens (tertiary/aromatic N) is 3. The molecule has 0 spiro atoms. The highest BCUT2D eigenvalue weighted by molar-refractivity contribution is 5.71. The zero-order valence-electron chi connectivity index (χ0n) is 10.5. The lowest BCUT2D eigenvalue weighted by molar-refractivity contribution is -0.140. The zero-order chi connectivity index (χ0) is 13.1. The van der Waals surface area contributed by atoms with E-state index in [4.69, 9.17) is 9.84 Å². The van der Waals surface area contributed by atoms with Gasteiger partial charge in [0.2, 0.25) is 11.8 Å². The Balaban J connectivity index is 2.07. The van der Waals surface area contributed by atoms with E-state index >= 15 is 0 Å². The molecule has 1 N–H and O–H groups in total. The van der Waals surface area contributed by atoms with Gasteiger partial charge in [-0.25, -0.2) is 4.98 Å². The standard InChI is InChI=1S/C12H17N3O3/c1-8(2)18-10-3-5-13-12(14-10)15-6-4-9(7-15)11(16)17/h3,5,8-9H,4,6-7H2,1-2H3,(H,16,17). The van der Waals surface area contributed by atoms with Crippen LogP contribution in [0.2, 0.25) is 0 Å². The van der Waals surface area contributed by atoms with Gasteiger partial charge in [-0.15, -0.1) is 0 Å². The Labute approximate surface area is 106 Å². The second kappa shape index (κ2) is 5.20. The molecule has 98 valence electrons. The molecule has 0 aliphatic carbocycles. The summed E-state index contributed by atoms with van der Waals surface area (Å²) in [5.74, 6) is -0.0268. The third-order valence-corrected chi connectivity index (χ3v) is 2.79. The Kier molecular flexibility index (Phi) is 3.64. The highest BCUT2D eigenvalue weighted by Crippen LogP contribution is 2.22.